The Morgan fingerprint density at radius 3 is 2.29 bits per heavy atom. The van der Waals surface area contributed by atoms with Gasteiger partial charge in [-0.1, -0.05) is 0 Å². The summed E-state index contributed by atoms with van der Waals surface area (Å²) in [5, 5.41) is -0.597. The lowest BCUT2D eigenvalue weighted by atomic mass is 11.0. The van der Waals surface area contributed by atoms with Crippen LogP contribution in [-0.4, -0.2) is 0 Å². The molecule has 5 heteroatoms. The van der Waals surface area contributed by atoms with E-state index in [2.05, 4.69) is 8.93 Å². The Kier molecular flexibility index (Phi) is 0.872. The quantitative estimate of drug-likeness (QED) is 0.346. The van der Waals surface area contributed by atoms with E-state index in [-0.39, 0.29) is 0 Å². The lowest BCUT2D eigenvalue weighted by Gasteiger charge is -1.50. The first-order chi connectivity index (χ1) is 3.30. The van der Waals surface area contributed by atoms with E-state index in [1.165, 1.54) is 0 Å². The van der Waals surface area contributed by atoms with Crippen molar-refractivity contribution in [2.24, 2.45) is 0 Å². The Morgan fingerprint density at radius 2 is 2.14 bits per heavy atom. The first kappa shape index (κ1) is 4.40. The van der Waals surface area contributed by atoms with Crippen molar-refractivity contribution in [1.82, 2.24) is 0 Å². The fraction of sp³-hybridized carbons (Fsp3) is 0. The van der Waals surface area contributed by atoms with Crippen LogP contribution >= 0.6 is 8.43 Å². The molecule has 0 aliphatic carbocycles. The van der Waals surface area contributed by atoms with Crippen molar-refractivity contribution in [3.63, 3.8) is 0 Å². The third-order valence-electron chi connectivity index (χ3n) is 0.437. The highest BCUT2D eigenvalue weighted by molar-refractivity contribution is 7.21. The van der Waals surface area contributed by atoms with Crippen molar-refractivity contribution in [2.75, 3.05) is 0 Å². The molecule has 0 aromatic carbocycles. The Morgan fingerprint density at radius 1 is 1.43 bits per heavy atom. The van der Waals surface area contributed by atoms with Crippen LogP contribution in [0.5, 0.6) is 0 Å². The molecule has 1 aromatic heterocycles. The second-order valence-corrected chi connectivity index (χ2v) is 1.71. The second kappa shape index (κ2) is 1.39. The Bertz CT molecular complexity index is 214. The van der Waals surface area contributed by atoms with Gasteiger partial charge in [0.25, 0.3) is 0 Å². The minimum Gasteiger partial charge on any atom is -0.280 e. The predicted molar refractivity (Wildman–Crippen MR) is 23.0 cm³/mol. The zero-order valence-electron chi connectivity index (χ0n) is 3.13. The van der Waals surface area contributed by atoms with E-state index >= 15 is 0 Å². The van der Waals surface area contributed by atoms with Crippen LogP contribution in [0.3, 0.4) is 0 Å². The third kappa shape index (κ3) is 0.644. The van der Waals surface area contributed by atoms with Gasteiger partial charge in [0.15, 0.2) is 0 Å². The maximum atomic E-state index is 9.99. The standard InChI is InChI=1S/C2HO4P/c3-1-2(4)7-6-5-1/h7H. The van der Waals surface area contributed by atoms with Crippen LogP contribution < -0.4 is 10.8 Å². The molecule has 0 aliphatic rings. The summed E-state index contributed by atoms with van der Waals surface area (Å²) in [7, 11) is -0.448. The summed E-state index contributed by atoms with van der Waals surface area (Å²) in [4.78, 5) is 19.9. The van der Waals surface area contributed by atoms with Crippen molar-refractivity contribution < 1.29 is 8.93 Å². The average molecular weight is 120 g/mol. The monoisotopic (exact) mass is 120 g/mol. The molecule has 0 N–H and O–H groups in total. The summed E-state index contributed by atoms with van der Waals surface area (Å²) in [5.74, 6) is 0. The van der Waals surface area contributed by atoms with Gasteiger partial charge in [-0.2, -0.15) is 0 Å². The van der Waals surface area contributed by atoms with Crippen molar-refractivity contribution in [1.29, 1.82) is 0 Å². The zero-order chi connectivity index (χ0) is 5.28. The number of rotatable bonds is 0. The SMILES string of the molecule is O=c1oo[pH]c1=O. The maximum absolute atomic E-state index is 9.99. The first-order valence-electron chi connectivity index (χ1n) is 1.48. The second-order valence-electron chi connectivity index (χ2n) is 0.885. The first-order valence-corrected chi connectivity index (χ1v) is 2.39. The molecule has 1 atom stereocenters. The van der Waals surface area contributed by atoms with E-state index in [0.29, 0.717) is 0 Å². The third-order valence-corrected chi connectivity index (χ3v) is 0.993. The molecule has 1 heterocycles. The summed E-state index contributed by atoms with van der Waals surface area (Å²) < 4.78 is 7.79. The summed E-state index contributed by atoms with van der Waals surface area (Å²) in [6.45, 7) is 0. The molecule has 1 aromatic rings. The fourth-order valence-corrected chi connectivity index (χ4v) is 0.494. The van der Waals surface area contributed by atoms with Crippen LogP contribution in [0.1, 0.15) is 0 Å². The van der Waals surface area contributed by atoms with E-state index in [0.717, 1.165) is 0 Å². The average Bonchev–Trinajstić information content (AvgIpc) is 1.91. The molecule has 0 aliphatic heterocycles. The van der Waals surface area contributed by atoms with Crippen molar-refractivity contribution in [3.8, 4) is 0 Å². The molecule has 0 amide bonds. The normalized spacial score (nSPS) is 10.3. The topological polar surface area (TPSA) is 60.4 Å². The van der Waals surface area contributed by atoms with E-state index in [9.17, 15) is 9.59 Å². The van der Waals surface area contributed by atoms with Crippen molar-refractivity contribution >= 4 is 8.43 Å². The summed E-state index contributed by atoms with van der Waals surface area (Å²) in [6.07, 6.45) is 0. The van der Waals surface area contributed by atoms with Crippen LogP contribution in [0.2, 0.25) is 0 Å². The van der Waals surface area contributed by atoms with Gasteiger partial charge in [0.05, 0.1) is 0 Å². The smallest absolute Gasteiger partial charge is 0.280 e. The molecule has 0 fully saturated rings. The lowest BCUT2D eigenvalue weighted by Crippen LogP contribution is -2.11. The van der Waals surface area contributed by atoms with Gasteiger partial charge in [0, 0.05) is 0 Å². The molecule has 0 saturated heterocycles. The van der Waals surface area contributed by atoms with E-state index in [1.54, 1.807) is 0 Å². The van der Waals surface area contributed by atoms with E-state index < -0.39 is 19.2 Å². The maximum Gasteiger partial charge on any atom is 0.433 e. The number of hydrogen-bond acceptors (Lipinski definition) is 4. The van der Waals surface area contributed by atoms with Crippen LogP contribution in [0.25, 0.3) is 0 Å². The molecule has 7 heavy (non-hydrogen) atoms. The minimum absolute atomic E-state index is 0.448. The molecule has 4 nitrogen and oxygen atoms in total. The molecule has 0 radical (unpaired) electrons. The highest BCUT2D eigenvalue weighted by Crippen LogP contribution is 1.84. The molecule has 0 bridgehead atoms. The van der Waals surface area contributed by atoms with Crippen molar-refractivity contribution in [2.45, 2.75) is 0 Å². The number of hydrogen-bond donors (Lipinski definition) is 0. The Labute approximate surface area is 38.9 Å². The van der Waals surface area contributed by atoms with Gasteiger partial charge in [0.2, 0.25) is 0 Å². The molecule has 1 unspecified atom stereocenters. The van der Waals surface area contributed by atoms with E-state index in [4.69, 9.17) is 0 Å². The van der Waals surface area contributed by atoms with Crippen molar-refractivity contribution in [3.05, 3.63) is 20.4 Å². The highest BCUT2D eigenvalue weighted by atomic mass is 31.1. The van der Waals surface area contributed by atoms with E-state index in [1.807, 2.05) is 0 Å². The van der Waals surface area contributed by atoms with Crippen LogP contribution in [0, 0.1) is 0 Å². The molecule has 0 spiro atoms. The van der Waals surface area contributed by atoms with Gasteiger partial charge in [-0.25, -0.2) is 9.37 Å². The zero-order valence-corrected chi connectivity index (χ0v) is 4.13. The van der Waals surface area contributed by atoms with Crippen LogP contribution in [0.15, 0.2) is 18.5 Å². The largest absolute Gasteiger partial charge is 0.433 e. The Balaban J connectivity index is 3.71. The molecule has 0 saturated carbocycles. The lowest BCUT2D eigenvalue weighted by molar-refractivity contribution is 0.0922. The van der Waals surface area contributed by atoms with Gasteiger partial charge in [0.1, 0.15) is 8.43 Å². The van der Waals surface area contributed by atoms with Gasteiger partial charge in [-0.05, 0) is 0 Å². The molecule has 1 rings (SSSR count). The molecular formula is C2HO4P. The predicted octanol–water partition coefficient (Wildman–Crippen LogP) is -0.376. The fourth-order valence-electron chi connectivity index (χ4n) is 0.176. The summed E-state index contributed by atoms with van der Waals surface area (Å²) >= 11 is 0. The van der Waals surface area contributed by atoms with Gasteiger partial charge < -0.3 is 0 Å². The molecule has 38 valence electrons. The summed E-state index contributed by atoms with van der Waals surface area (Å²) in [5.41, 5.74) is -0.890. The summed E-state index contributed by atoms with van der Waals surface area (Å²) in [6, 6.07) is 0. The minimum atomic E-state index is -0.890. The van der Waals surface area contributed by atoms with Gasteiger partial charge in [-0.3, -0.25) is 9.15 Å². The molecular weight excluding hydrogens is 119 g/mol. The Hall–Kier alpha value is -0.760. The van der Waals surface area contributed by atoms with Gasteiger partial charge in [-0.15, -0.1) is 0 Å². The van der Waals surface area contributed by atoms with Crippen LogP contribution in [0.4, 0.5) is 0 Å². The highest BCUT2D eigenvalue weighted by Gasteiger charge is 1.92. The van der Waals surface area contributed by atoms with Crippen LogP contribution in [-0.2, 0) is 0 Å². The van der Waals surface area contributed by atoms with Gasteiger partial charge >= 0.3 is 10.8 Å².